The predicted octanol–water partition coefficient (Wildman–Crippen LogP) is 3.54. The highest BCUT2D eigenvalue weighted by molar-refractivity contribution is 5.26. The molecule has 0 aromatic heterocycles. The highest BCUT2D eigenvalue weighted by atomic mass is 16.5. The summed E-state index contributed by atoms with van der Waals surface area (Å²) < 4.78 is 10.7. The number of aliphatic hydroxyl groups is 1. The summed E-state index contributed by atoms with van der Waals surface area (Å²) >= 11 is 0. The van der Waals surface area contributed by atoms with Gasteiger partial charge in [0.05, 0.1) is 19.8 Å². The molecule has 0 saturated heterocycles. The number of methoxy groups -OCH3 is 1. The highest BCUT2D eigenvalue weighted by Crippen LogP contribution is 2.12. The Labute approximate surface area is 116 Å². The first kappa shape index (κ1) is 16.0. The Morgan fingerprint density at radius 3 is 2.47 bits per heavy atom. The van der Waals surface area contributed by atoms with Crippen LogP contribution in [0.3, 0.4) is 0 Å². The third-order valence-electron chi connectivity index (χ3n) is 3.16. The summed E-state index contributed by atoms with van der Waals surface area (Å²) in [4.78, 5) is 0. The number of ether oxygens (including phenoxy) is 2. The molecular weight excluding hydrogens is 240 g/mol. The van der Waals surface area contributed by atoms with E-state index in [0.717, 1.165) is 30.6 Å². The molecule has 0 radical (unpaired) electrons. The van der Waals surface area contributed by atoms with E-state index in [-0.39, 0.29) is 6.10 Å². The zero-order chi connectivity index (χ0) is 13.9. The van der Waals surface area contributed by atoms with Gasteiger partial charge in [0.15, 0.2) is 0 Å². The number of benzene rings is 1. The van der Waals surface area contributed by atoms with E-state index < -0.39 is 0 Å². The maximum absolute atomic E-state index is 9.74. The van der Waals surface area contributed by atoms with Crippen LogP contribution in [0.5, 0.6) is 5.75 Å². The lowest BCUT2D eigenvalue weighted by Crippen LogP contribution is -2.10. The van der Waals surface area contributed by atoms with Crippen LogP contribution in [0, 0.1) is 0 Å². The maximum Gasteiger partial charge on any atom is 0.118 e. The molecule has 19 heavy (non-hydrogen) atoms. The van der Waals surface area contributed by atoms with Gasteiger partial charge in [-0.25, -0.2) is 0 Å². The molecule has 1 aromatic carbocycles. The fourth-order valence-electron chi connectivity index (χ4n) is 1.91. The SMILES string of the molecule is CCCCC[C@@H](O)CCOCc1ccc(OC)cc1. The molecule has 3 heteroatoms. The lowest BCUT2D eigenvalue weighted by molar-refractivity contribution is 0.0690. The van der Waals surface area contributed by atoms with E-state index in [0.29, 0.717) is 13.2 Å². The summed E-state index contributed by atoms with van der Waals surface area (Å²) in [5.74, 6) is 0.857. The molecule has 0 aliphatic heterocycles. The van der Waals surface area contributed by atoms with Crippen LogP contribution in [-0.2, 0) is 11.3 Å². The summed E-state index contributed by atoms with van der Waals surface area (Å²) in [6.45, 7) is 3.37. The summed E-state index contributed by atoms with van der Waals surface area (Å²) in [6.07, 6.45) is 4.89. The molecule has 0 spiro atoms. The molecule has 1 rings (SSSR count). The second-order valence-electron chi connectivity index (χ2n) is 4.84. The third-order valence-corrected chi connectivity index (χ3v) is 3.16. The first-order valence-electron chi connectivity index (χ1n) is 7.15. The fourth-order valence-corrected chi connectivity index (χ4v) is 1.91. The lowest BCUT2D eigenvalue weighted by atomic mass is 10.1. The molecule has 0 heterocycles. The van der Waals surface area contributed by atoms with Crippen LogP contribution in [0.15, 0.2) is 24.3 Å². The Bertz CT molecular complexity index is 321. The summed E-state index contributed by atoms with van der Waals surface area (Å²) in [6, 6.07) is 7.85. The number of aliphatic hydroxyl groups excluding tert-OH is 1. The standard InChI is InChI=1S/C16H26O3/c1-3-4-5-6-15(17)11-12-19-13-14-7-9-16(18-2)10-8-14/h7-10,15,17H,3-6,11-13H2,1-2H3/t15-/m1/s1. The van der Waals surface area contributed by atoms with Crippen molar-refractivity contribution < 1.29 is 14.6 Å². The van der Waals surface area contributed by atoms with Crippen molar-refractivity contribution in [2.45, 2.75) is 51.7 Å². The second-order valence-corrected chi connectivity index (χ2v) is 4.84. The van der Waals surface area contributed by atoms with Crippen LogP contribution in [0.4, 0.5) is 0 Å². The van der Waals surface area contributed by atoms with Gasteiger partial charge in [-0.15, -0.1) is 0 Å². The Morgan fingerprint density at radius 2 is 1.84 bits per heavy atom. The van der Waals surface area contributed by atoms with Gasteiger partial charge in [-0.1, -0.05) is 38.3 Å². The van der Waals surface area contributed by atoms with Crippen molar-refractivity contribution >= 4 is 0 Å². The molecule has 0 aliphatic carbocycles. The molecule has 0 saturated carbocycles. The Kier molecular flexibility index (Phi) is 8.26. The molecule has 1 N–H and O–H groups in total. The van der Waals surface area contributed by atoms with Gasteiger partial charge in [0.25, 0.3) is 0 Å². The van der Waals surface area contributed by atoms with Gasteiger partial charge in [0, 0.05) is 6.61 Å². The number of hydrogen-bond acceptors (Lipinski definition) is 3. The third kappa shape index (κ3) is 7.19. The topological polar surface area (TPSA) is 38.7 Å². The minimum Gasteiger partial charge on any atom is -0.497 e. The van der Waals surface area contributed by atoms with Crippen LogP contribution in [-0.4, -0.2) is 24.9 Å². The molecule has 3 nitrogen and oxygen atoms in total. The van der Waals surface area contributed by atoms with Crippen molar-refractivity contribution in [3.05, 3.63) is 29.8 Å². The zero-order valence-electron chi connectivity index (χ0n) is 12.1. The molecular formula is C16H26O3. The van der Waals surface area contributed by atoms with Crippen molar-refractivity contribution in [1.82, 2.24) is 0 Å². The molecule has 1 atom stereocenters. The first-order chi connectivity index (χ1) is 9.26. The summed E-state index contributed by atoms with van der Waals surface area (Å²) in [7, 11) is 1.66. The second kappa shape index (κ2) is 9.82. The average Bonchev–Trinajstić information content (AvgIpc) is 2.44. The van der Waals surface area contributed by atoms with Crippen molar-refractivity contribution in [2.24, 2.45) is 0 Å². The van der Waals surface area contributed by atoms with Gasteiger partial charge in [0.1, 0.15) is 5.75 Å². The Morgan fingerprint density at radius 1 is 1.11 bits per heavy atom. The van der Waals surface area contributed by atoms with Gasteiger partial charge in [0.2, 0.25) is 0 Å². The van der Waals surface area contributed by atoms with E-state index in [1.165, 1.54) is 12.8 Å². The van der Waals surface area contributed by atoms with E-state index in [4.69, 9.17) is 9.47 Å². The lowest BCUT2D eigenvalue weighted by Gasteiger charge is -2.10. The monoisotopic (exact) mass is 266 g/mol. The van der Waals surface area contributed by atoms with E-state index in [1.54, 1.807) is 7.11 Å². The Hall–Kier alpha value is -1.06. The van der Waals surface area contributed by atoms with Gasteiger partial charge in [-0.2, -0.15) is 0 Å². The van der Waals surface area contributed by atoms with Crippen LogP contribution >= 0.6 is 0 Å². The molecule has 0 amide bonds. The first-order valence-corrected chi connectivity index (χ1v) is 7.15. The van der Waals surface area contributed by atoms with Crippen molar-refractivity contribution in [1.29, 1.82) is 0 Å². The number of rotatable bonds is 10. The smallest absolute Gasteiger partial charge is 0.118 e. The van der Waals surface area contributed by atoms with E-state index in [2.05, 4.69) is 6.92 Å². The van der Waals surface area contributed by atoms with E-state index >= 15 is 0 Å². The normalized spacial score (nSPS) is 12.4. The predicted molar refractivity (Wildman–Crippen MR) is 77.4 cm³/mol. The molecule has 0 bridgehead atoms. The van der Waals surface area contributed by atoms with E-state index in [1.807, 2.05) is 24.3 Å². The van der Waals surface area contributed by atoms with Gasteiger partial charge in [-0.05, 0) is 30.5 Å². The van der Waals surface area contributed by atoms with Crippen LogP contribution in [0.2, 0.25) is 0 Å². The van der Waals surface area contributed by atoms with Gasteiger partial charge < -0.3 is 14.6 Å². The Balaban J connectivity index is 2.09. The largest absolute Gasteiger partial charge is 0.497 e. The van der Waals surface area contributed by atoms with Crippen LogP contribution < -0.4 is 4.74 Å². The molecule has 1 aromatic rings. The average molecular weight is 266 g/mol. The minimum atomic E-state index is -0.220. The van der Waals surface area contributed by atoms with Gasteiger partial charge in [-0.3, -0.25) is 0 Å². The fraction of sp³-hybridized carbons (Fsp3) is 0.625. The van der Waals surface area contributed by atoms with Crippen LogP contribution in [0.25, 0.3) is 0 Å². The quantitative estimate of drug-likeness (QED) is 0.658. The summed E-state index contributed by atoms with van der Waals surface area (Å²) in [5, 5.41) is 9.74. The van der Waals surface area contributed by atoms with Crippen molar-refractivity contribution in [3.8, 4) is 5.75 Å². The van der Waals surface area contributed by atoms with E-state index in [9.17, 15) is 5.11 Å². The minimum absolute atomic E-state index is 0.220. The molecule has 0 fully saturated rings. The van der Waals surface area contributed by atoms with Crippen molar-refractivity contribution in [2.75, 3.05) is 13.7 Å². The van der Waals surface area contributed by atoms with Crippen molar-refractivity contribution in [3.63, 3.8) is 0 Å². The summed E-state index contributed by atoms with van der Waals surface area (Å²) in [5.41, 5.74) is 1.13. The number of unbranched alkanes of at least 4 members (excludes halogenated alkanes) is 2. The van der Waals surface area contributed by atoms with Gasteiger partial charge >= 0.3 is 0 Å². The molecule has 0 aliphatic rings. The number of hydrogen-bond donors (Lipinski definition) is 1. The molecule has 0 unspecified atom stereocenters. The zero-order valence-corrected chi connectivity index (χ0v) is 12.1. The molecule has 108 valence electrons. The maximum atomic E-state index is 9.74. The highest BCUT2D eigenvalue weighted by Gasteiger charge is 2.03. The van der Waals surface area contributed by atoms with Crippen LogP contribution in [0.1, 0.15) is 44.6 Å².